The third kappa shape index (κ3) is 3.66. The van der Waals surface area contributed by atoms with Crippen molar-refractivity contribution in [3.05, 3.63) is 69.4 Å². The summed E-state index contributed by atoms with van der Waals surface area (Å²) in [5.41, 5.74) is 3.54. The SMILES string of the molecule is Cc1nc2cc3c(cc2s1)OC[C@H](N1CCc2c(nn(Cc4ccccc4)c2Cl)C1=O)C(=O)N3C. The van der Waals surface area contributed by atoms with Crippen LogP contribution in [0.15, 0.2) is 42.5 Å². The predicted octanol–water partition coefficient (Wildman–Crippen LogP) is 3.93. The van der Waals surface area contributed by atoms with Crippen LogP contribution in [0, 0.1) is 6.92 Å². The van der Waals surface area contributed by atoms with Gasteiger partial charge in [0.25, 0.3) is 11.8 Å². The highest BCUT2D eigenvalue weighted by Gasteiger charge is 2.41. The van der Waals surface area contributed by atoms with Crippen LogP contribution in [0.1, 0.15) is 26.6 Å². The molecule has 2 aliphatic rings. The molecule has 0 radical (unpaired) electrons. The summed E-state index contributed by atoms with van der Waals surface area (Å²) in [5.74, 6) is 0.0982. The molecule has 0 saturated carbocycles. The van der Waals surface area contributed by atoms with Gasteiger partial charge in [0.05, 0.1) is 27.5 Å². The Morgan fingerprint density at radius 3 is 2.80 bits per heavy atom. The molecule has 2 aromatic heterocycles. The Kier molecular flexibility index (Phi) is 5.26. The number of thiazole rings is 1. The van der Waals surface area contributed by atoms with Crippen molar-refractivity contribution in [1.82, 2.24) is 19.7 Å². The fraction of sp³-hybridized carbons (Fsp3) is 0.280. The van der Waals surface area contributed by atoms with Crippen LogP contribution in [-0.2, 0) is 17.8 Å². The summed E-state index contributed by atoms with van der Waals surface area (Å²) in [4.78, 5) is 34.7. The van der Waals surface area contributed by atoms with Crippen molar-refractivity contribution in [3.63, 3.8) is 0 Å². The van der Waals surface area contributed by atoms with E-state index in [-0.39, 0.29) is 18.4 Å². The molecule has 2 aromatic carbocycles. The summed E-state index contributed by atoms with van der Waals surface area (Å²) in [6.07, 6.45) is 0.522. The minimum atomic E-state index is -0.765. The molecule has 178 valence electrons. The van der Waals surface area contributed by atoms with Crippen molar-refractivity contribution in [1.29, 1.82) is 0 Å². The lowest BCUT2D eigenvalue weighted by Gasteiger charge is -2.33. The molecule has 10 heteroatoms. The normalized spacial score (nSPS) is 17.9. The number of aromatic nitrogens is 3. The van der Waals surface area contributed by atoms with Gasteiger partial charge in [-0.15, -0.1) is 11.3 Å². The Bertz CT molecular complexity index is 1480. The third-order valence-electron chi connectivity index (χ3n) is 6.55. The van der Waals surface area contributed by atoms with Gasteiger partial charge in [-0.2, -0.15) is 5.10 Å². The maximum absolute atomic E-state index is 13.5. The number of ether oxygens (including phenoxy) is 1. The molecule has 4 heterocycles. The molecule has 0 bridgehead atoms. The van der Waals surface area contributed by atoms with Crippen molar-refractivity contribution >= 4 is 50.7 Å². The molecule has 2 amide bonds. The number of amides is 2. The second-order valence-corrected chi connectivity index (χ2v) is 10.3. The van der Waals surface area contributed by atoms with Crippen molar-refractivity contribution in [2.24, 2.45) is 0 Å². The fourth-order valence-corrected chi connectivity index (χ4v) is 5.86. The summed E-state index contributed by atoms with van der Waals surface area (Å²) in [5, 5.41) is 5.95. The van der Waals surface area contributed by atoms with Crippen LogP contribution in [0.25, 0.3) is 10.2 Å². The zero-order chi connectivity index (χ0) is 24.3. The number of likely N-dealkylation sites (N-methyl/N-ethyl adjacent to an activating group) is 1. The smallest absolute Gasteiger partial charge is 0.275 e. The van der Waals surface area contributed by atoms with E-state index in [4.69, 9.17) is 16.3 Å². The third-order valence-corrected chi connectivity index (χ3v) is 7.91. The minimum absolute atomic E-state index is 0.0684. The van der Waals surface area contributed by atoms with Gasteiger partial charge in [0, 0.05) is 25.2 Å². The first kappa shape index (κ1) is 22.1. The second-order valence-electron chi connectivity index (χ2n) is 8.75. The fourth-order valence-electron chi connectivity index (χ4n) is 4.74. The number of anilines is 1. The van der Waals surface area contributed by atoms with E-state index in [1.165, 1.54) is 0 Å². The molecule has 0 saturated heterocycles. The topological polar surface area (TPSA) is 80.6 Å². The van der Waals surface area contributed by atoms with Gasteiger partial charge in [0.1, 0.15) is 23.6 Å². The monoisotopic (exact) mass is 507 g/mol. The van der Waals surface area contributed by atoms with E-state index in [0.717, 1.165) is 26.4 Å². The maximum Gasteiger partial charge on any atom is 0.275 e. The van der Waals surface area contributed by atoms with E-state index in [2.05, 4.69) is 10.1 Å². The number of carbonyl (C=O) groups is 2. The largest absolute Gasteiger partial charge is 0.489 e. The zero-order valence-electron chi connectivity index (χ0n) is 19.2. The van der Waals surface area contributed by atoms with Gasteiger partial charge < -0.3 is 14.5 Å². The molecule has 0 aliphatic carbocycles. The number of fused-ring (bicyclic) bond motifs is 3. The van der Waals surface area contributed by atoms with Crippen LogP contribution in [0.5, 0.6) is 5.75 Å². The molecule has 4 aromatic rings. The van der Waals surface area contributed by atoms with E-state index in [1.807, 2.05) is 49.4 Å². The predicted molar refractivity (Wildman–Crippen MR) is 135 cm³/mol. The number of nitrogens with zero attached hydrogens (tertiary/aromatic N) is 5. The van der Waals surface area contributed by atoms with Gasteiger partial charge in [0.15, 0.2) is 5.69 Å². The Hall–Kier alpha value is -3.43. The molecule has 35 heavy (non-hydrogen) atoms. The van der Waals surface area contributed by atoms with E-state index >= 15 is 0 Å². The number of carbonyl (C=O) groups excluding carboxylic acids is 2. The standard InChI is InChI=1S/C25H22ClN5O3S/c1-14-27-17-10-18-20(11-21(17)35-14)34-13-19(24(32)29(18)2)30-9-8-16-22(25(30)33)28-31(23(16)26)12-15-6-4-3-5-7-15/h3-7,10-11,19H,8-9,12-13H2,1-2H3/t19-/m0/s1. The number of aryl methyl sites for hydroxylation is 1. The number of rotatable bonds is 3. The highest BCUT2D eigenvalue weighted by molar-refractivity contribution is 7.18. The Morgan fingerprint density at radius 2 is 2.00 bits per heavy atom. The molecule has 2 aliphatic heterocycles. The van der Waals surface area contributed by atoms with Crippen LogP contribution in [0.2, 0.25) is 5.15 Å². The van der Waals surface area contributed by atoms with Crippen molar-refractivity contribution in [3.8, 4) is 5.75 Å². The van der Waals surface area contributed by atoms with Crippen LogP contribution < -0.4 is 9.64 Å². The van der Waals surface area contributed by atoms with Crippen molar-refractivity contribution in [2.45, 2.75) is 25.9 Å². The highest BCUT2D eigenvalue weighted by atomic mass is 35.5. The molecular formula is C25H22ClN5O3S. The highest BCUT2D eigenvalue weighted by Crippen LogP contribution is 2.38. The van der Waals surface area contributed by atoms with E-state index in [9.17, 15) is 9.59 Å². The molecule has 0 fully saturated rings. The van der Waals surface area contributed by atoms with E-state index in [0.29, 0.717) is 41.8 Å². The molecule has 0 N–H and O–H groups in total. The quantitative estimate of drug-likeness (QED) is 0.420. The maximum atomic E-state index is 13.5. The Balaban J connectivity index is 1.29. The van der Waals surface area contributed by atoms with Gasteiger partial charge in [-0.25, -0.2) is 9.67 Å². The average Bonchev–Trinajstić information content (AvgIpc) is 3.34. The lowest BCUT2D eigenvalue weighted by molar-refractivity contribution is -0.123. The molecule has 0 unspecified atom stereocenters. The molecule has 8 nitrogen and oxygen atoms in total. The van der Waals surface area contributed by atoms with E-state index in [1.54, 1.807) is 32.9 Å². The summed E-state index contributed by atoms with van der Waals surface area (Å²) in [7, 11) is 1.71. The second kappa shape index (κ2) is 8.35. The average molecular weight is 508 g/mol. The summed E-state index contributed by atoms with van der Waals surface area (Å²) >= 11 is 8.18. The lowest BCUT2D eigenvalue weighted by Crippen LogP contribution is -2.54. The zero-order valence-corrected chi connectivity index (χ0v) is 20.8. The van der Waals surface area contributed by atoms with Crippen LogP contribution in [-0.4, -0.2) is 57.7 Å². The first-order chi connectivity index (χ1) is 16.9. The van der Waals surface area contributed by atoms with Crippen molar-refractivity contribution in [2.75, 3.05) is 25.1 Å². The number of halogens is 1. The summed E-state index contributed by atoms with van der Waals surface area (Å²) < 4.78 is 8.74. The number of hydrogen-bond acceptors (Lipinski definition) is 6. The number of hydrogen-bond donors (Lipinski definition) is 0. The molecule has 6 rings (SSSR count). The minimum Gasteiger partial charge on any atom is -0.489 e. The van der Waals surface area contributed by atoms with Gasteiger partial charge >= 0.3 is 0 Å². The Morgan fingerprint density at radius 1 is 1.20 bits per heavy atom. The van der Waals surface area contributed by atoms with Gasteiger partial charge in [0.2, 0.25) is 0 Å². The van der Waals surface area contributed by atoms with E-state index < -0.39 is 6.04 Å². The first-order valence-corrected chi connectivity index (χ1v) is 12.5. The summed E-state index contributed by atoms with van der Waals surface area (Å²) in [6, 6.07) is 12.8. The molecule has 0 spiro atoms. The van der Waals surface area contributed by atoms with Crippen LogP contribution in [0.4, 0.5) is 5.69 Å². The van der Waals surface area contributed by atoms with Gasteiger partial charge in [-0.1, -0.05) is 41.9 Å². The molecular weight excluding hydrogens is 486 g/mol. The van der Waals surface area contributed by atoms with Crippen LogP contribution >= 0.6 is 22.9 Å². The molecule has 1 atom stereocenters. The number of benzene rings is 2. The van der Waals surface area contributed by atoms with Crippen LogP contribution in [0.3, 0.4) is 0 Å². The van der Waals surface area contributed by atoms with Gasteiger partial charge in [-0.3, -0.25) is 9.59 Å². The van der Waals surface area contributed by atoms with Crippen molar-refractivity contribution < 1.29 is 14.3 Å². The summed E-state index contributed by atoms with van der Waals surface area (Å²) in [6.45, 7) is 2.85. The lowest BCUT2D eigenvalue weighted by atomic mass is 10.0. The van der Waals surface area contributed by atoms with Gasteiger partial charge in [-0.05, 0) is 25.0 Å². The first-order valence-electron chi connectivity index (χ1n) is 11.3. The Labute approximate surface area is 210 Å².